The van der Waals surface area contributed by atoms with Gasteiger partial charge in [-0.25, -0.2) is 8.42 Å². The van der Waals surface area contributed by atoms with Gasteiger partial charge in [-0.1, -0.05) is 12.1 Å². The lowest BCUT2D eigenvalue weighted by molar-refractivity contribution is -0.111. The standard InChI is InChI=1S/C25H26N2O6S/c1-4-33-22-13-8-19(9-14-22)27-34(29,30)24-17-20(10-15-23(24)32-3)26-25(28)16-7-18-5-11-21(31-2)12-6-18/h5-17,27H,4H2,1-3H3,(H,26,28)/b16-7+. The van der Waals surface area contributed by atoms with Gasteiger partial charge in [0, 0.05) is 17.5 Å². The van der Waals surface area contributed by atoms with Gasteiger partial charge in [0.1, 0.15) is 22.1 Å². The minimum atomic E-state index is -4.00. The average Bonchev–Trinajstić information content (AvgIpc) is 2.84. The number of sulfonamides is 1. The summed E-state index contributed by atoms with van der Waals surface area (Å²) in [6.45, 7) is 2.37. The van der Waals surface area contributed by atoms with Crippen LogP contribution >= 0.6 is 0 Å². The smallest absolute Gasteiger partial charge is 0.265 e. The highest BCUT2D eigenvalue weighted by Gasteiger charge is 2.21. The molecule has 0 aliphatic rings. The van der Waals surface area contributed by atoms with Gasteiger partial charge in [0.2, 0.25) is 5.91 Å². The van der Waals surface area contributed by atoms with Gasteiger partial charge in [-0.3, -0.25) is 9.52 Å². The fourth-order valence-corrected chi connectivity index (χ4v) is 4.29. The van der Waals surface area contributed by atoms with E-state index in [0.717, 1.165) is 5.56 Å². The molecule has 0 saturated heterocycles. The van der Waals surface area contributed by atoms with Crippen LogP contribution in [0.1, 0.15) is 12.5 Å². The Balaban J connectivity index is 1.76. The first-order valence-electron chi connectivity index (χ1n) is 10.4. The Morgan fingerprint density at radius 2 is 1.53 bits per heavy atom. The molecule has 9 heteroatoms. The number of benzene rings is 3. The maximum absolute atomic E-state index is 13.0. The number of methoxy groups -OCH3 is 2. The van der Waals surface area contributed by atoms with Gasteiger partial charge in [0.05, 0.1) is 20.8 Å². The molecule has 0 heterocycles. The van der Waals surface area contributed by atoms with Crippen molar-refractivity contribution in [3.8, 4) is 17.2 Å². The summed E-state index contributed by atoms with van der Waals surface area (Å²) in [5.41, 5.74) is 1.48. The zero-order valence-electron chi connectivity index (χ0n) is 19.1. The second-order valence-corrected chi connectivity index (χ2v) is 8.68. The molecule has 0 aromatic heterocycles. The van der Waals surface area contributed by atoms with E-state index in [2.05, 4.69) is 10.0 Å². The van der Waals surface area contributed by atoms with Crippen LogP contribution in [-0.4, -0.2) is 35.2 Å². The molecule has 0 saturated carbocycles. The zero-order valence-corrected chi connectivity index (χ0v) is 19.9. The van der Waals surface area contributed by atoms with E-state index in [1.54, 1.807) is 55.7 Å². The lowest BCUT2D eigenvalue weighted by atomic mass is 10.2. The van der Waals surface area contributed by atoms with Gasteiger partial charge in [0.25, 0.3) is 10.0 Å². The first-order valence-corrected chi connectivity index (χ1v) is 11.9. The van der Waals surface area contributed by atoms with E-state index in [1.807, 2.05) is 19.1 Å². The van der Waals surface area contributed by atoms with Crippen LogP contribution in [-0.2, 0) is 14.8 Å². The Labute approximate surface area is 199 Å². The Morgan fingerprint density at radius 3 is 2.15 bits per heavy atom. The highest BCUT2D eigenvalue weighted by atomic mass is 32.2. The first kappa shape index (κ1) is 24.7. The van der Waals surface area contributed by atoms with Crippen LogP contribution < -0.4 is 24.2 Å². The largest absolute Gasteiger partial charge is 0.497 e. The van der Waals surface area contributed by atoms with Gasteiger partial charge in [-0.15, -0.1) is 0 Å². The predicted octanol–water partition coefficient (Wildman–Crippen LogP) is 4.56. The van der Waals surface area contributed by atoms with E-state index in [-0.39, 0.29) is 10.6 Å². The van der Waals surface area contributed by atoms with Gasteiger partial charge >= 0.3 is 0 Å². The molecule has 0 spiro atoms. The van der Waals surface area contributed by atoms with Gasteiger partial charge in [-0.05, 0) is 73.2 Å². The number of ether oxygens (including phenoxy) is 3. The van der Waals surface area contributed by atoms with Crippen molar-refractivity contribution in [1.82, 2.24) is 0 Å². The van der Waals surface area contributed by atoms with Crippen molar-refractivity contribution in [3.63, 3.8) is 0 Å². The van der Waals surface area contributed by atoms with Crippen molar-refractivity contribution >= 4 is 33.4 Å². The Bertz CT molecular complexity index is 1250. The van der Waals surface area contributed by atoms with Gasteiger partial charge in [0.15, 0.2) is 0 Å². The van der Waals surface area contributed by atoms with Crippen LogP contribution in [0.15, 0.2) is 77.7 Å². The SMILES string of the molecule is CCOc1ccc(NS(=O)(=O)c2cc(NC(=O)/C=C/c3ccc(OC)cc3)ccc2OC)cc1. The van der Waals surface area contributed by atoms with E-state index in [4.69, 9.17) is 14.2 Å². The summed E-state index contributed by atoms with van der Waals surface area (Å²) in [6, 6.07) is 18.1. The van der Waals surface area contributed by atoms with E-state index < -0.39 is 15.9 Å². The van der Waals surface area contributed by atoms with Crippen molar-refractivity contribution in [2.24, 2.45) is 0 Å². The van der Waals surface area contributed by atoms with Crippen molar-refractivity contribution in [2.75, 3.05) is 30.9 Å². The number of hydrogen-bond acceptors (Lipinski definition) is 6. The Kier molecular flexibility index (Phi) is 8.15. The van der Waals surface area contributed by atoms with Crippen LogP contribution in [0.4, 0.5) is 11.4 Å². The molecule has 3 aromatic carbocycles. The van der Waals surface area contributed by atoms with Crippen molar-refractivity contribution in [1.29, 1.82) is 0 Å². The molecule has 3 rings (SSSR count). The highest BCUT2D eigenvalue weighted by Crippen LogP contribution is 2.29. The number of amides is 1. The second-order valence-electron chi connectivity index (χ2n) is 7.02. The van der Waals surface area contributed by atoms with E-state index in [9.17, 15) is 13.2 Å². The maximum Gasteiger partial charge on any atom is 0.265 e. The first-order chi connectivity index (χ1) is 16.3. The molecule has 1 amide bonds. The van der Waals surface area contributed by atoms with Gasteiger partial charge < -0.3 is 19.5 Å². The molecular weight excluding hydrogens is 456 g/mol. The molecule has 34 heavy (non-hydrogen) atoms. The lowest BCUT2D eigenvalue weighted by Gasteiger charge is -2.14. The van der Waals surface area contributed by atoms with Crippen molar-refractivity contribution in [2.45, 2.75) is 11.8 Å². The fourth-order valence-electron chi connectivity index (χ4n) is 3.03. The van der Waals surface area contributed by atoms with Crippen LogP contribution in [0, 0.1) is 0 Å². The van der Waals surface area contributed by atoms with Crippen LogP contribution in [0.25, 0.3) is 6.08 Å². The van der Waals surface area contributed by atoms with Crippen molar-refractivity contribution in [3.05, 3.63) is 78.4 Å². The number of anilines is 2. The number of carbonyl (C=O) groups is 1. The number of nitrogens with one attached hydrogen (secondary N) is 2. The topological polar surface area (TPSA) is 103 Å². The summed E-state index contributed by atoms with van der Waals surface area (Å²) >= 11 is 0. The number of rotatable bonds is 10. The van der Waals surface area contributed by atoms with Crippen LogP contribution in [0.2, 0.25) is 0 Å². The molecule has 0 unspecified atom stereocenters. The summed E-state index contributed by atoms with van der Waals surface area (Å²) in [4.78, 5) is 12.3. The quantitative estimate of drug-likeness (QED) is 0.411. The molecule has 3 aromatic rings. The lowest BCUT2D eigenvalue weighted by Crippen LogP contribution is -2.15. The predicted molar refractivity (Wildman–Crippen MR) is 132 cm³/mol. The molecule has 178 valence electrons. The van der Waals surface area contributed by atoms with E-state index in [1.165, 1.54) is 25.3 Å². The van der Waals surface area contributed by atoms with Crippen molar-refractivity contribution < 1.29 is 27.4 Å². The summed E-state index contributed by atoms with van der Waals surface area (Å²) in [5, 5.41) is 2.67. The summed E-state index contributed by atoms with van der Waals surface area (Å²) < 4.78 is 44.3. The summed E-state index contributed by atoms with van der Waals surface area (Å²) in [5.74, 6) is 1.08. The third-order valence-electron chi connectivity index (χ3n) is 4.68. The fraction of sp³-hybridized carbons (Fsp3) is 0.160. The second kappa shape index (κ2) is 11.2. The zero-order chi connectivity index (χ0) is 24.6. The summed E-state index contributed by atoms with van der Waals surface area (Å²) in [7, 11) is -1.04. The van der Waals surface area contributed by atoms with E-state index >= 15 is 0 Å². The molecule has 0 aliphatic carbocycles. The maximum atomic E-state index is 13.0. The molecule has 0 radical (unpaired) electrons. The molecular formula is C25H26N2O6S. The molecule has 0 aliphatic heterocycles. The van der Waals surface area contributed by atoms with Crippen LogP contribution in [0.3, 0.4) is 0 Å². The Morgan fingerprint density at radius 1 is 0.882 bits per heavy atom. The number of carbonyl (C=O) groups excluding carboxylic acids is 1. The Hall–Kier alpha value is -3.98. The third-order valence-corrected chi connectivity index (χ3v) is 6.08. The molecule has 2 N–H and O–H groups in total. The van der Waals surface area contributed by atoms with E-state index in [0.29, 0.717) is 29.5 Å². The minimum Gasteiger partial charge on any atom is -0.497 e. The normalized spacial score (nSPS) is 11.1. The number of hydrogen-bond donors (Lipinski definition) is 2. The third kappa shape index (κ3) is 6.52. The van der Waals surface area contributed by atoms with Gasteiger partial charge in [-0.2, -0.15) is 0 Å². The average molecular weight is 483 g/mol. The molecule has 0 bridgehead atoms. The van der Waals surface area contributed by atoms with Crippen LogP contribution in [0.5, 0.6) is 17.2 Å². The molecule has 0 atom stereocenters. The summed E-state index contributed by atoms with van der Waals surface area (Å²) in [6.07, 6.45) is 3.00. The monoisotopic (exact) mass is 482 g/mol. The highest BCUT2D eigenvalue weighted by molar-refractivity contribution is 7.92. The minimum absolute atomic E-state index is 0.110. The molecule has 0 fully saturated rings. The molecule has 8 nitrogen and oxygen atoms in total.